The lowest BCUT2D eigenvalue weighted by molar-refractivity contribution is -0.132. The molecule has 1 N–H and O–H groups in total. The molecule has 0 unspecified atom stereocenters. The Kier molecular flexibility index (Phi) is 5.88. The van der Waals surface area contributed by atoms with E-state index in [0.29, 0.717) is 16.4 Å². The van der Waals surface area contributed by atoms with Crippen LogP contribution in [0.1, 0.15) is 39.4 Å². The zero-order valence-electron chi connectivity index (χ0n) is 20.7. The SMILES string of the molecule is COc1ccc(C(O)=C2C(=O)C(=O)N(c3nc4c(C)cc(C)cc4s3)[C@H]2c2ccc(C)cc2)cc1C. The van der Waals surface area contributed by atoms with Crippen molar-refractivity contribution in [2.75, 3.05) is 12.0 Å². The van der Waals surface area contributed by atoms with E-state index in [4.69, 9.17) is 9.72 Å². The minimum absolute atomic E-state index is 0.0422. The van der Waals surface area contributed by atoms with Crippen molar-refractivity contribution in [3.63, 3.8) is 0 Å². The van der Waals surface area contributed by atoms with E-state index in [0.717, 1.165) is 38.0 Å². The fraction of sp³-hybridized carbons (Fsp3) is 0.207. The zero-order valence-corrected chi connectivity index (χ0v) is 21.6. The molecule has 1 fully saturated rings. The van der Waals surface area contributed by atoms with Crippen molar-refractivity contribution in [1.29, 1.82) is 0 Å². The maximum absolute atomic E-state index is 13.5. The summed E-state index contributed by atoms with van der Waals surface area (Å²) in [5.41, 5.74) is 5.97. The first-order chi connectivity index (χ1) is 17.2. The number of Topliss-reactive ketones (excluding diaryl/α,β-unsaturated/α-hetero) is 1. The van der Waals surface area contributed by atoms with Gasteiger partial charge < -0.3 is 9.84 Å². The second-order valence-electron chi connectivity index (χ2n) is 9.19. The molecule has 0 saturated carbocycles. The number of hydrogen-bond donors (Lipinski definition) is 1. The number of anilines is 1. The Bertz CT molecular complexity index is 1570. The van der Waals surface area contributed by atoms with Gasteiger partial charge in [-0.3, -0.25) is 14.5 Å². The Hall–Kier alpha value is -3.97. The second-order valence-corrected chi connectivity index (χ2v) is 10.2. The van der Waals surface area contributed by atoms with Crippen molar-refractivity contribution in [1.82, 2.24) is 4.98 Å². The Labute approximate surface area is 213 Å². The third-order valence-corrected chi connectivity index (χ3v) is 7.53. The van der Waals surface area contributed by atoms with E-state index in [9.17, 15) is 14.7 Å². The standard InChI is InChI=1S/C29H26N2O4S/c1-15-6-8-19(9-7-15)25-23(26(32)20-10-11-21(35-5)17(3)14-20)27(33)28(34)31(25)29-30-24-18(4)12-16(2)13-22(24)36-29/h6-14,25,32H,1-5H3/t25-/m0/s1. The zero-order chi connectivity index (χ0) is 25.7. The number of benzene rings is 3. The summed E-state index contributed by atoms with van der Waals surface area (Å²) in [4.78, 5) is 33.1. The highest BCUT2D eigenvalue weighted by Gasteiger charge is 2.48. The van der Waals surface area contributed by atoms with E-state index in [1.54, 1.807) is 25.3 Å². The van der Waals surface area contributed by atoms with Crippen LogP contribution in [0.3, 0.4) is 0 Å². The number of aliphatic hydroxyl groups excluding tert-OH is 1. The second kappa shape index (κ2) is 8.91. The summed E-state index contributed by atoms with van der Waals surface area (Å²) in [6.45, 7) is 7.83. The van der Waals surface area contributed by atoms with Crippen LogP contribution >= 0.6 is 11.3 Å². The molecular formula is C29H26N2O4S. The maximum Gasteiger partial charge on any atom is 0.301 e. The smallest absolute Gasteiger partial charge is 0.301 e. The number of ketones is 1. The lowest BCUT2D eigenvalue weighted by Gasteiger charge is -2.23. The minimum Gasteiger partial charge on any atom is -0.507 e. The number of thiazole rings is 1. The molecule has 1 amide bonds. The largest absolute Gasteiger partial charge is 0.507 e. The number of carbonyl (C=O) groups is 2. The van der Waals surface area contributed by atoms with Gasteiger partial charge in [-0.25, -0.2) is 4.98 Å². The summed E-state index contributed by atoms with van der Waals surface area (Å²) in [7, 11) is 1.58. The fourth-order valence-electron chi connectivity index (χ4n) is 4.74. The molecule has 5 rings (SSSR count). The van der Waals surface area contributed by atoms with Crippen molar-refractivity contribution in [3.05, 3.63) is 93.6 Å². The molecule has 0 radical (unpaired) electrons. The summed E-state index contributed by atoms with van der Waals surface area (Å²) in [6, 6.07) is 16.1. The first-order valence-corrected chi connectivity index (χ1v) is 12.4. The van der Waals surface area contributed by atoms with Gasteiger partial charge in [0.2, 0.25) is 0 Å². The van der Waals surface area contributed by atoms with Crippen LogP contribution in [0.5, 0.6) is 5.75 Å². The molecule has 0 spiro atoms. The predicted molar refractivity (Wildman–Crippen MR) is 143 cm³/mol. The third-order valence-electron chi connectivity index (χ3n) is 6.53. The van der Waals surface area contributed by atoms with Gasteiger partial charge in [-0.1, -0.05) is 47.2 Å². The first kappa shape index (κ1) is 23.8. The number of nitrogens with zero attached hydrogens (tertiary/aromatic N) is 2. The maximum atomic E-state index is 13.5. The highest BCUT2D eigenvalue weighted by molar-refractivity contribution is 7.22. The first-order valence-electron chi connectivity index (χ1n) is 11.6. The third kappa shape index (κ3) is 3.85. The van der Waals surface area contributed by atoms with Crippen LogP contribution in [0.15, 0.2) is 60.2 Å². The summed E-state index contributed by atoms with van der Waals surface area (Å²) in [5, 5.41) is 11.8. The number of fused-ring (bicyclic) bond motifs is 1. The van der Waals surface area contributed by atoms with Crippen molar-refractivity contribution in [2.24, 2.45) is 0 Å². The minimum atomic E-state index is -0.810. The number of methoxy groups -OCH3 is 1. The van der Waals surface area contributed by atoms with E-state index in [-0.39, 0.29) is 11.3 Å². The monoisotopic (exact) mass is 498 g/mol. The highest BCUT2D eigenvalue weighted by Crippen LogP contribution is 2.45. The molecule has 1 aliphatic rings. The van der Waals surface area contributed by atoms with E-state index in [1.807, 2.05) is 64.1 Å². The van der Waals surface area contributed by atoms with Gasteiger partial charge in [-0.15, -0.1) is 0 Å². The van der Waals surface area contributed by atoms with Crippen LogP contribution in [0.25, 0.3) is 16.0 Å². The summed E-state index contributed by atoms with van der Waals surface area (Å²) >= 11 is 1.37. The number of aryl methyl sites for hydroxylation is 4. The number of ether oxygens (including phenoxy) is 1. The molecule has 3 aromatic carbocycles. The Balaban J connectivity index is 1.73. The number of carbonyl (C=O) groups excluding carboxylic acids is 2. The average Bonchev–Trinajstić information content (AvgIpc) is 3.38. The normalized spacial score (nSPS) is 17.2. The molecule has 1 aliphatic heterocycles. The molecule has 1 saturated heterocycles. The van der Waals surface area contributed by atoms with Crippen LogP contribution < -0.4 is 9.64 Å². The Morgan fingerprint density at radius 2 is 1.67 bits per heavy atom. The molecule has 4 aromatic rings. The molecule has 0 bridgehead atoms. The van der Waals surface area contributed by atoms with Crippen molar-refractivity contribution in [2.45, 2.75) is 33.7 Å². The van der Waals surface area contributed by atoms with Gasteiger partial charge in [0.15, 0.2) is 5.13 Å². The number of amides is 1. The van der Waals surface area contributed by atoms with E-state index < -0.39 is 17.7 Å². The lowest BCUT2D eigenvalue weighted by atomic mass is 9.94. The van der Waals surface area contributed by atoms with Crippen molar-refractivity contribution < 1.29 is 19.4 Å². The van der Waals surface area contributed by atoms with Gasteiger partial charge >= 0.3 is 5.91 Å². The summed E-state index contributed by atoms with van der Waals surface area (Å²) in [6.07, 6.45) is 0. The van der Waals surface area contributed by atoms with Crippen LogP contribution in [0, 0.1) is 27.7 Å². The molecule has 182 valence electrons. The molecule has 6 nitrogen and oxygen atoms in total. The molecule has 2 heterocycles. The Morgan fingerprint density at radius 1 is 0.944 bits per heavy atom. The van der Waals surface area contributed by atoms with Crippen LogP contribution in [0.4, 0.5) is 5.13 Å². The van der Waals surface area contributed by atoms with Gasteiger partial charge in [0, 0.05) is 5.56 Å². The van der Waals surface area contributed by atoms with E-state index in [1.165, 1.54) is 16.2 Å². The quantitative estimate of drug-likeness (QED) is 0.207. The van der Waals surface area contributed by atoms with Crippen molar-refractivity contribution in [3.8, 4) is 5.75 Å². The number of aromatic nitrogens is 1. The van der Waals surface area contributed by atoms with Crippen LogP contribution in [-0.4, -0.2) is 28.9 Å². The topological polar surface area (TPSA) is 79.7 Å². The number of rotatable bonds is 4. The highest BCUT2D eigenvalue weighted by atomic mass is 32.1. The van der Waals surface area contributed by atoms with Gasteiger partial charge in [-0.2, -0.15) is 0 Å². The molecule has 1 aromatic heterocycles. The summed E-state index contributed by atoms with van der Waals surface area (Å²) in [5.74, 6) is -0.998. The fourth-order valence-corrected chi connectivity index (χ4v) is 5.91. The Morgan fingerprint density at radius 3 is 2.33 bits per heavy atom. The van der Waals surface area contributed by atoms with Gasteiger partial charge in [0.1, 0.15) is 11.5 Å². The van der Waals surface area contributed by atoms with Gasteiger partial charge in [-0.05, 0) is 74.2 Å². The van der Waals surface area contributed by atoms with Crippen LogP contribution in [-0.2, 0) is 9.59 Å². The van der Waals surface area contributed by atoms with Crippen LogP contribution in [0.2, 0.25) is 0 Å². The predicted octanol–water partition coefficient (Wildman–Crippen LogP) is 6.16. The molecule has 1 atom stereocenters. The van der Waals surface area contributed by atoms with Gasteiger partial charge in [0.05, 0.1) is 28.9 Å². The molecule has 7 heteroatoms. The molecular weight excluding hydrogens is 472 g/mol. The summed E-state index contributed by atoms with van der Waals surface area (Å²) < 4.78 is 6.28. The van der Waals surface area contributed by atoms with E-state index in [2.05, 4.69) is 0 Å². The van der Waals surface area contributed by atoms with E-state index >= 15 is 0 Å². The lowest BCUT2D eigenvalue weighted by Crippen LogP contribution is -2.29. The molecule has 36 heavy (non-hydrogen) atoms. The number of aliphatic hydroxyl groups is 1. The van der Waals surface area contributed by atoms with Gasteiger partial charge in [0.25, 0.3) is 5.78 Å². The average molecular weight is 499 g/mol. The molecule has 0 aliphatic carbocycles. The number of hydrogen-bond acceptors (Lipinski definition) is 6. The van der Waals surface area contributed by atoms with Crippen molar-refractivity contribution >= 4 is 44.1 Å².